The van der Waals surface area contributed by atoms with Crippen LogP contribution in [-0.4, -0.2) is 37.2 Å². The highest BCUT2D eigenvalue weighted by Gasteiger charge is 2.20. The standard InChI is InChI=1S/C12H23NO2S/c1-2-8-16-10-12(14)13-6-3-7-15-9-11-4-5-11/h11H,2-10H2,1H3,(H,13,14). The zero-order valence-corrected chi connectivity index (χ0v) is 11.0. The first-order valence-electron chi connectivity index (χ1n) is 6.25. The fourth-order valence-electron chi connectivity index (χ4n) is 1.30. The molecule has 0 aromatic heterocycles. The molecule has 1 N–H and O–H groups in total. The summed E-state index contributed by atoms with van der Waals surface area (Å²) in [4.78, 5) is 11.3. The molecule has 1 rings (SSSR count). The van der Waals surface area contributed by atoms with Gasteiger partial charge in [0.1, 0.15) is 0 Å². The Hall–Kier alpha value is -0.220. The molecular formula is C12H23NO2S. The molecule has 0 aliphatic heterocycles. The number of ether oxygens (including phenoxy) is 1. The molecule has 0 heterocycles. The average molecular weight is 245 g/mol. The van der Waals surface area contributed by atoms with Crippen LogP contribution in [0.2, 0.25) is 0 Å². The van der Waals surface area contributed by atoms with Gasteiger partial charge >= 0.3 is 0 Å². The summed E-state index contributed by atoms with van der Waals surface area (Å²) in [7, 11) is 0. The minimum Gasteiger partial charge on any atom is -0.381 e. The van der Waals surface area contributed by atoms with Gasteiger partial charge in [0, 0.05) is 19.8 Å². The molecule has 0 spiro atoms. The van der Waals surface area contributed by atoms with E-state index in [1.54, 1.807) is 11.8 Å². The van der Waals surface area contributed by atoms with Crippen LogP contribution in [0.4, 0.5) is 0 Å². The molecule has 0 radical (unpaired) electrons. The molecule has 0 unspecified atom stereocenters. The Morgan fingerprint density at radius 3 is 3.00 bits per heavy atom. The maximum Gasteiger partial charge on any atom is 0.229 e. The molecule has 1 aliphatic carbocycles. The third kappa shape index (κ3) is 7.99. The molecule has 4 heteroatoms. The fraction of sp³-hybridized carbons (Fsp3) is 0.917. The second-order valence-corrected chi connectivity index (χ2v) is 5.38. The lowest BCUT2D eigenvalue weighted by Crippen LogP contribution is -2.27. The van der Waals surface area contributed by atoms with E-state index in [1.165, 1.54) is 12.8 Å². The van der Waals surface area contributed by atoms with E-state index in [2.05, 4.69) is 12.2 Å². The van der Waals surface area contributed by atoms with Gasteiger partial charge in [-0.25, -0.2) is 0 Å². The number of hydrogen-bond acceptors (Lipinski definition) is 3. The smallest absolute Gasteiger partial charge is 0.229 e. The minimum atomic E-state index is 0.153. The summed E-state index contributed by atoms with van der Waals surface area (Å²) < 4.78 is 5.48. The van der Waals surface area contributed by atoms with E-state index in [4.69, 9.17) is 4.74 Å². The van der Waals surface area contributed by atoms with Gasteiger partial charge in [0.15, 0.2) is 0 Å². The number of carbonyl (C=O) groups is 1. The van der Waals surface area contributed by atoms with Crippen LogP contribution in [0.1, 0.15) is 32.6 Å². The summed E-state index contributed by atoms with van der Waals surface area (Å²) >= 11 is 1.70. The lowest BCUT2D eigenvalue weighted by molar-refractivity contribution is -0.118. The highest BCUT2D eigenvalue weighted by atomic mass is 32.2. The van der Waals surface area contributed by atoms with Crippen molar-refractivity contribution in [2.45, 2.75) is 32.6 Å². The van der Waals surface area contributed by atoms with Crippen molar-refractivity contribution in [3.63, 3.8) is 0 Å². The highest BCUT2D eigenvalue weighted by Crippen LogP contribution is 2.28. The molecule has 94 valence electrons. The van der Waals surface area contributed by atoms with Crippen molar-refractivity contribution in [1.29, 1.82) is 0 Å². The Balaban J connectivity index is 1.76. The maximum atomic E-state index is 11.3. The van der Waals surface area contributed by atoms with Crippen LogP contribution in [0.25, 0.3) is 0 Å². The first-order valence-corrected chi connectivity index (χ1v) is 7.40. The number of carbonyl (C=O) groups excluding carboxylic acids is 1. The normalized spacial score (nSPS) is 15.1. The van der Waals surface area contributed by atoms with Crippen LogP contribution in [0.5, 0.6) is 0 Å². The van der Waals surface area contributed by atoms with Gasteiger partial charge in [-0.05, 0) is 37.4 Å². The number of hydrogen-bond donors (Lipinski definition) is 1. The maximum absolute atomic E-state index is 11.3. The second kappa shape index (κ2) is 8.88. The largest absolute Gasteiger partial charge is 0.381 e. The van der Waals surface area contributed by atoms with Gasteiger partial charge in [0.2, 0.25) is 5.91 Å². The van der Waals surface area contributed by atoms with Gasteiger partial charge in [-0.15, -0.1) is 0 Å². The molecule has 0 saturated heterocycles. The van der Waals surface area contributed by atoms with E-state index in [-0.39, 0.29) is 5.91 Å². The Labute approximate surface area is 103 Å². The van der Waals surface area contributed by atoms with Gasteiger partial charge in [-0.2, -0.15) is 11.8 Å². The molecule has 1 aliphatic rings. The average Bonchev–Trinajstić information content (AvgIpc) is 3.07. The molecule has 1 amide bonds. The summed E-state index contributed by atoms with van der Waals surface area (Å²) in [5.41, 5.74) is 0. The number of thioether (sulfide) groups is 1. The zero-order valence-electron chi connectivity index (χ0n) is 10.2. The third-order valence-corrected chi connectivity index (χ3v) is 3.58. The first kappa shape index (κ1) is 13.8. The van der Waals surface area contributed by atoms with E-state index in [1.807, 2.05) is 0 Å². The van der Waals surface area contributed by atoms with Crippen molar-refractivity contribution >= 4 is 17.7 Å². The Kier molecular flexibility index (Phi) is 7.68. The Bertz CT molecular complexity index is 195. The van der Waals surface area contributed by atoms with Crippen LogP contribution in [0.15, 0.2) is 0 Å². The van der Waals surface area contributed by atoms with E-state index in [0.717, 1.165) is 44.3 Å². The zero-order chi connectivity index (χ0) is 11.6. The van der Waals surface area contributed by atoms with Crippen molar-refractivity contribution in [1.82, 2.24) is 5.32 Å². The summed E-state index contributed by atoms with van der Waals surface area (Å²) in [5, 5.41) is 2.91. The number of rotatable bonds is 10. The van der Waals surface area contributed by atoms with E-state index in [9.17, 15) is 4.79 Å². The van der Waals surface area contributed by atoms with Crippen molar-refractivity contribution in [3.8, 4) is 0 Å². The Morgan fingerprint density at radius 2 is 2.31 bits per heavy atom. The predicted molar refractivity (Wildman–Crippen MR) is 68.8 cm³/mol. The second-order valence-electron chi connectivity index (χ2n) is 4.27. The van der Waals surface area contributed by atoms with Crippen molar-refractivity contribution in [2.75, 3.05) is 31.3 Å². The van der Waals surface area contributed by atoms with Crippen molar-refractivity contribution in [3.05, 3.63) is 0 Å². The quantitative estimate of drug-likeness (QED) is 0.599. The van der Waals surface area contributed by atoms with Crippen LogP contribution in [0, 0.1) is 5.92 Å². The van der Waals surface area contributed by atoms with Gasteiger partial charge in [0.05, 0.1) is 5.75 Å². The van der Waals surface area contributed by atoms with Gasteiger partial charge in [-0.1, -0.05) is 6.92 Å². The molecule has 16 heavy (non-hydrogen) atoms. The molecule has 1 fully saturated rings. The van der Waals surface area contributed by atoms with Crippen molar-refractivity contribution in [2.24, 2.45) is 5.92 Å². The SMILES string of the molecule is CCCSCC(=O)NCCCOCC1CC1. The van der Waals surface area contributed by atoms with Gasteiger partial charge < -0.3 is 10.1 Å². The molecular weight excluding hydrogens is 222 g/mol. The lowest BCUT2D eigenvalue weighted by Gasteiger charge is -2.05. The third-order valence-electron chi connectivity index (χ3n) is 2.42. The molecule has 0 aromatic carbocycles. The predicted octanol–water partition coefficient (Wildman–Crippen LogP) is 2.06. The molecule has 3 nitrogen and oxygen atoms in total. The summed E-state index contributed by atoms with van der Waals surface area (Å²) in [6.07, 6.45) is 4.74. The van der Waals surface area contributed by atoms with Crippen molar-refractivity contribution < 1.29 is 9.53 Å². The number of nitrogens with one attached hydrogen (secondary N) is 1. The highest BCUT2D eigenvalue weighted by molar-refractivity contribution is 7.99. The lowest BCUT2D eigenvalue weighted by atomic mass is 10.4. The van der Waals surface area contributed by atoms with E-state index in [0.29, 0.717) is 5.75 Å². The van der Waals surface area contributed by atoms with Crippen LogP contribution < -0.4 is 5.32 Å². The van der Waals surface area contributed by atoms with Crippen LogP contribution in [-0.2, 0) is 9.53 Å². The van der Waals surface area contributed by atoms with Gasteiger partial charge in [0.25, 0.3) is 0 Å². The van der Waals surface area contributed by atoms with Crippen LogP contribution >= 0.6 is 11.8 Å². The Morgan fingerprint density at radius 1 is 1.50 bits per heavy atom. The van der Waals surface area contributed by atoms with E-state index >= 15 is 0 Å². The topological polar surface area (TPSA) is 38.3 Å². The summed E-state index contributed by atoms with van der Waals surface area (Å²) in [5.74, 6) is 2.65. The molecule has 0 aromatic rings. The summed E-state index contributed by atoms with van der Waals surface area (Å²) in [6, 6.07) is 0. The monoisotopic (exact) mass is 245 g/mol. The molecule has 0 atom stereocenters. The number of amides is 1. The van der Waals surface area contributed by atoms with E-state index < -0.39 is 0 Å². The summed E-state index contributed by atoms with van der Waals surface area (Å²) in [6.45, 7) is 4.57. The molecule has 1 saturated carbocycles. The van der Waals surface area contributed by atoms with Gasteiger partial charge in [-0.3, -0.25) is 4.79 Å². The first-order chi connectivity index (χ1) is 7.83. The fourth-order valence-corrected chi connectivity index (χ4v) is 2.02. The van der Waals surface area contributed by atoms with Crippen LogP contribution in [0.3, 0.4) is 0 Å². The molecule has 0 bridgehead atoms. The minimum absolute atomic E-state index is 0.153.